The Labute approximate surface area is 182 Å². The SMILES string of the molecule is O=S(=O)(O)C(F)(F)C(F)(F)C(F)(F)C(F)(F)C(F)(F)C(F)(F)C(F)(F)C(F)(F)F.[CaH2]. The van der Waals surface area contributed by atoms with Gasteiger partial charge in [0.15, 0.2) is 0 Å². The van der Waals surface area contributed by atoms with Gasteiger partial charge in [0.05, 0.1) is 0 Å². The van der Waals surface area contributed by atoms with Crippen molar-refractivity contribution in [2.24, 2.45) is 0 Å². The molecule has 0 aliphatic carbocycles. The van der Waals surface area contributed by atoms with Crippen LogP contribution in [0.4, 0.5) is 74.6 Å². The molecule has 30 heavy (non-hydrogen) atoms. The summed E-state index contributed by atoms with van der Waals surface area (Å²) in [7, 11) is -7.89. The van der Waals surface area contributed by atoms with E-state index >= 15 is 0 Å². The number of hydrogen-bond donors (Lipinski definition) is 1. The van der Waals surface area contributed by atoms with Gasteiger partial charge in [0.1, 0.15) is 0 Å². The fraction of sp³-hybridized carbons (Fsp3) is 1.00. The Morgan fingerprint density at radius 1 is 0.433 bits per heavy atom. The van der Waals surface area contributed by atoms with Crippen LogP contribution in [0.25, 0.3) is 0 Å². The van der Waals surface area contributed by atoms with Crippen molar-refractivity contribution in [3.63, 3.8) is 0 Å². The fourth-order valence-corrected chi connectivity index (χ4v) is 1.76. The van der Waals surface area contributed by atoms with E-state index in [0.717, 1.165) is 0 Å². The normalized spacial score (nSPS) is 16.3. The Hall–Kier alpha value is -0.0203. The minimum absolute atomic E-state index is 0. The van der Waals surface area contributed by atoms with E-state index in [1.165, 1.54) is 0 Å². The molecule has 22 heteroatoms. The summed E-state index contributed by atoms with van der Waals surface area (Å²) in [5.74, 6) is -52.0. The number of hydrogen-bond acceptors (Lipinski definition) is 2. The maximum absolute atomic E-state index is 13.0. The molecule has 0 aromatic rings. The molecule has 0 radical (unpaired) electrons. The van der Waals surface area contributed by atoms with Gasteiger partial charge in [-0.15, -0.1) is 0 Å². The maximum atomic E-state index is 13.0. The van der Waals surface area contributed by atoms with Crippen molar-refractivity contribution in [3.8, 4) is 0 Å². The molecule has 180 valence electrons. The average molecular weight is 542 g/mol. The molecular weight excluding hydrogens is 539 g/mol. The van der Waals surface area contributed by atoms with Crippen LogP contribution in [0.2, 0.25) is 0 Å². The Morgan fingerprint density at radius 3 is 0.833 bits per heavy atom. The molecule has 0 aromatic heterocycles. The van der Waals surface area contributed by atoms with Gasteiger partial charge in [0.25, 0.3) is 0 Å². The van der Waals surface area contributed by atoms with Crippen molar-refractivity contribution in [2.75, 3.05) is 0 Å². The summed E-state index contributed by atoms with van der Waals surface area (Å²) in [6.07, 6.45) is -7.88. The summed E-state index contributed by atoms with van der Waals surface area (Å²) in [5, 5.41) is -7.84. The zero-order valence-corrected chi connectivity index (χ0v) is 12.9. The van der Waals surface area contributed by atoms with E-state index in [4.69, 9.17) is 4.55 Å². The van der Waals surface area contributed by atoms with Gasteiger partial charge in [0.2, 0.25) is 0 Å². The first-order valence-electron chi connectivity index (χ1n) is 5.68. The van der Waals surface area contributed by atoms with Crippen molar-refractivity contribution >= 4 is 47.9 Å². The van der Waals surface area contributed by atoms with Crippen LogP contribution in [0.15, 0.2) is 0 Å². The number of halogens is 17. The van der Waals surface area contributed by atoms with Crippen LogP contribution in [0.3, 0.4) is 0 Å². The summed E-state index contributed by atoms with van der Waals surface area (Å²) in [6.45, 7) is 0. The van der Waals surface area contributed by atoms with Crippen molar-refractivity contribution < 1.29 is 87.6 Å². The predicted molar refractivity (Wildman–Crippen MR) is 60.8 cm³/mol. The van der Waals surface area contributed by atoms with Gasteiger partial charge in [-0.05, 0) is 0 Å². The first-order chi connectivity index (χ1) is 12.0. The zero-order valence-electron chi connectivity index (χ0n) is 12.1. The third-order valence-corrected chi connectivity index (χ3v) is 3.92. The Morgan fingerprint density at radius 2 is 0.633 bits per heavy atom. The van der Waals surface area contributed by atoms with Crippen molar-refractivity contribution in [3.05, 3.63) is 0 Å². The Balaban J connectivity index is 0. The summed E-state index contributed by atoms with van der Waals surface area (Å²) in [5.41, 5.74) is 0. The van der Waals surface area contributed by atoms with Crippen LogP contribution in [-0.4, -0.2) is 97.7 Å². The standard InChI is InChI=1S/C8HF17O3S.Ca.2H/c9-1(10,3(13,14)5(17,18)7(21,22)23)2(11,12)4(15,16)6(19,20)8(24,25)29(26,27)28;;;/h(H,26,27,28);;;. The quantitative estimate of drug-likeness (QED) is 0.302. The fourth-order valence-electron chi connectivity index (χ4n) is 1.31. The Kier molecular flexibility index (Phi) is 8.35. The molecule has 0 fully saturated rings. The molecule has 0 atom stereocenters. The van der Waals surface area contributed by atoms with Gasteiger partial charge in [0, 0.05) is 0 Å². The molecule has 0 saturated heterocycles. The van der Waals surface area contributed by atoms with Gasteiger partial charge in [-0.25, -0.2) is 0 Å². The van der Waals surface area contributed by atoms with Crippen molar-refractivity contribution in [1.29, 1.82) is 0 Å². The summed E-state index contributed by atoms with van der Waals surface area (Å²) in [4.78, 5) is 0. The molecule has 1 N–H and O–H groups in total. The van der Waals surface area contributed by atoms with Gasteiger partial charge >= 0.3 is 94.8 Å². The summed E-state index contributed by atoms with van der Waals surface area (Å²) < 4.78 is 242. The number of alkyl halides is 17. The second kappa shape index (κ2) is 7.79. The van der Waals surface area contributed by atoms with E-state index in [0.29, 0.717) is 0 Å². The monoisotopic (exact) mass is 542 g/mol. The topological polar surface area (TPSA) is 54.4 Å². The third kappa shape index (κ3) is 3.93. The van der Waals surface area contributed by atoms with Crippen LogP contribution in [0, 0.1) is 0 Å². The van der Waals surface area contributed by atoms with E-state index in [2.05, 4.69) is 0 Å². The molecule has 0 rings (SSSR count). The second-order valence-corrected chi connectivity index (χ2v) is 6.40. The summed E-state index contributed by atoms with van der Waals surface area (Å²) >= 11 is 0. The van der Waals surface area contributed by atoms with Crippen LogP contribution >= 0.6 is 0 Å². The molecule has 0 amide bonds. The molecule has 0 heterocycles. The van der Waals surface area contributed by atoms with Gasteiger partial charge in [-0.1, -0.05) is 0 Å². The van der Waals surface area contributed by atoms with Crippen LogP contribution in [0.5, 0.6) is 0 Å². The molecule has 0 aliphatic heterocycles. The van der Waals surface area contributed by atoms with Crippen LogP contribution < -0.4 is 0 Å². The first kappa shape index (κ1) is 32.2. The van der Waals surface area contributed by atoms with Gasteiger partial charge in [-0.3, -0.25) is 4.55 Å². The number of rotatable bonds is 7. The molecule has 0 unspecified atom stereocenters. The van der Waals surface area contributed by atoms with Gasteiger partial charge < -0.3 is 0 Å². The van der Waals surface area contributed by atoms with E-state index < -0.39 is 57.1 Å². The predicted octanol–water partition coefficient (Wildman–Crippen LogP) is 3.92. The van der Waals surface area contributed by atoms with Crippen LogP contribution in [-0.2, 0) is 10.1 Å². The van der Waals surface area contributed by atoms with E-state index in [-0.39, 0.29) is 37.7 Å². The molecule has 3 nitrogen and oxygen atoms in total. The molecule has 0 bridgehead atoms. The minimum atomic E-state index is -8.89. The molecule has 0 aliphatic rings. The Bertz CT molecular complexity index is 739. The second-order valence-electron chi connectivity index (χ2n) is 4.94. The first-order valence-corrected chi connectivity index (χ1v) is 7.12. The van der Waals surface area contributed by atoms with E-state index in [9.17, 15) is 83.1 Å². The third-order valence-electron chi connectivity index (χ3n) is 3.02. The molecule has 0 spiro atoms. The van der Waals surface area contributed by atoms with E-state index in [1.54, 1.807) is 0 Å². The summed E-state index contributed by atoms with van der Waals surface area (Å²) in [6, 6.07) is 0. The zero-order chi connectivity index (χ0) is 24.5. The van der Waals surface area contributed by atoms with Crippen molar-refractivity contribution in [1.82, 2.24) is 0 Å². The van der Waals surface area contributed by atoms with Crippen molar-refractivity contribution in [2.45, 2.75) is 47.0 Å². The average Bonchev–Trinajstić information content (AvgIpc) is 2.43. The van der Waals surface area contributed by atoms with E-state index in [1.807, 2.05) is 0 Å². The van der Waals surface area contributed by atoms with Gasteiger partial charge in [-0.2, -0.15) is 83.1 Å². The molecule has 0 aromatic carbocycles. The molecular formula is C8H3CaF17O3S. The van der Waals surface area contributed by atoms with Crippen LogP contribution in [0.1, 0.15) is 0 Å². The molecule has 0 saturated carbocycles.